The summed E-state index contributed by atoms with van der Waals surface area (Å²) in [6.07, 6.45) is 3.57. The minimum atomic E-state index is -0.0987. The Morgan fingerprint density at radius 1 is 1.42 bits per heavy atom. The number of carbonyl (C=O) groups is 1. The molecule has 0 N–H and O–H groups in total. The molecular formula is C18H20N4O3S. The summed E-state index contributed by atoms with van der Waals surface area (Å²) in [5, 5.41) is 16.2. The summed E-state index contributed by atoms with van der Waals surface area (Å²) in [5.41, 5.74) is 1.31. The zero-order chi connectivity index (χ0) is 17.9. The van der Waals surface area contributed by atoms with E-state index in [1.807, 2.05) is 16.8 Å². The SMILES string of the molecule is CCCc1cc(C(=O)N2CCC[C@H](c3nnc(-c4ccsc4)o3)C2)no1. The number of rotatable bonds is 5. The predicted octanol–water partition coefficient (Wildman–Crippen LogP) is 3.76. The normalized spacial score (nSPS) is 17.6. The van der Waals surface area contributed by atoms with Crippen LogP contribution in [0.15, 0.2) is 31.8 Å². The van der Waals surface area contributed by atoms with E-state index in [1.54, 1.807) is 22.3 Å². The Morgan fingerprint density at radius 2 is 2.35 bits per heavy atom. The Balaban J connectivity index is 1.46. The Morgan fingerprint density at radius 3 is 3.15 bits per heavy atom. The summed E-state index contributed by atoms with van der Waals surface area (Å²) >= 11 is 1.59. The zero-order valence-corrected chi connectivity index (χ0v) is 15.4. The van der Waals surface area contributed by atoms with Crippen molar-refractivity contribution in [1.82, 2.24) is 20.3 Å². The summed E-state index contributed by atoms with van der Waals surface area (Å²) in [6, 6.07) is 3.70. The van der Waals surface area contributed by atoms with Gasteiger partial charge in [-0.3, -0.25) is 4.79 Å². The van der Waals surface area contributed by atoms with E-state index in [0.717, 1.165) is 37.0 Å². The molecule has 7 nitrogen and oxygen atoms in total. The van der Waals surface area contributed by atoms with Gasteiger partial charge in [-0.1, -0.05) is 12.1 Å². The second-order valence-corrected chi connectivity index (χ2v) is 7.26. The number of likely N-dealkylation sites (tertiary alicyclic amines) is 1. The van der Waals surface area contributed by atoms with Gasteiger partial charge in [0.2, 0.25) is 11.8 Å². The van der Waals surface area contributed by atoms with E-state index in [1.165, 1.54) is 0 Å². The van der Waals surface area contributed by atoms with Crippen LogP contribution in [-0.2, 0) is 6.42 Å². The van der Waals surface area contributed by atoms with Crippen molar-refractivity contribution < 1.29 is 13.7 Å². The molecule has 0 aromatic carbocycles. The van der Waals surface area contributed by atoms with E-state index in [2.05, 4.69) is 22.3 Å². The van der Waals surface area contributed by atoms with Crippen molar-refractivity contribution in [3.05, 3.63) is 40.2 Å². The number of piperidine rings is 1. The molecule has 1 amide bonds. The molecular weight excluding hydrogens is 352 g/mol. The number of nitrogens with zero attached hydrogens (tertiary/aromatic N) is 4. The molecule has 8 heteroatoms. The highest BCUT2D eigenvalue weighted by Gasteiger charge is 2.30. The second-order valence-electron chi connectivity index (χ2n) is 6.48. The fourth-order valence-electron chi connectivity index (χ4n) is 3.21. The van der Waals surface area contributed by atoms with E-state index in [0.29, 0.717) is 30.6 Å². The molecule has 1 saturated heterocycles. The molecule has 0 bridgehead atoms. The first kappa shape index (κ1) is 17.0. The number of aromatic nitrogens is 3. The van der Waals surface area contributed by atoms with Crippen molar-refractivity contribution in [2.75, 3.05) is 13.1 Å². The summed E-state index contributed by atoms with van der Waals surface area (Å²) in [5.74, 6) is 1.83. The largest absolute Gasteiger partial charge is 0.420 e. The summed E-state index contributed by atoms with van der Waals surface area (Å²) in [4.78, 5) is 14.5. The van der Waals surface area contributed by atoms with Crippen LogP contribution in [-0.4, -0.2) is 39.3 Å². The molecule has 1 aliphatic rings. The second kappa shape index (κ2) is 7.41. The zero-order valence-electron chi connectivity index (χ0n) is 14.6. The first-order chi connectivity index (χ1) is 12.7. The lowest BCUT2D eigenvalue weighted by Gasteiger charge is -2.30. The van der Waals surface area contributed by atoms with Crippen LogP contribution in [0.2, 0.25) is 0 Å². The Hall–Kier alpha value is -2.48. The van der Waals surface area contributed by atoms with E-state index in [9.17, 15) is 4.79 Å². The lowest BCUT2D eigenvalue weighted by Crippen LogP contribution is -2.39. The van der Waals surface area contributed by atoms with Gasteiger partial charge in [0.25, 0.3) is 5.91 Å². The number of hydrogen-bond acceptors (Lipinski definition) is 7. The van der Waals surface area contributed by atoms with E-state index in [-0.39, 0.29) is 11.8 Å². The molecule has 26 heavy (non-hydrogen) atoms. The Bertz CT molecular complexity index is 871. The standard InChI is InChI=1S/C18H20N4O3S/c1-2-4-14-9-15(21-25-14)18(23)22-7-3-5-12(10-22)16-19-20-17(24-16)13-6-8-26-11-13/h6,8-9,11-12H,2-5,7,10H2,1H3/t12-/m0/s1. The summed E-state index contributed by atoms with van der Waals surface area (Å²) in [6.45, 7) is 3.32. The maximum atomic E-state index is 12.7. The van der Waals surface area contributed by atoms with Gasteiger partial charge in [0, 0.05) is 36.5 Å². The van der Waals surface area contributed by atoms with Crippen LogP contribution < -0.4 is 0 Å². The first-order valence-electron chi connectivity index (χ1n) is 8.85. The highest BCUT2D eigenvalue weighted by atomic mass is 32.1. The molecule has 136 valence electrons. The third kappa shape index (κ3) is 3.41. The lowest BCUT2D eigenvalue weighted by atomic mass is 9.98. The van der Waals surface area contributed by atoms with Gasteiger partial charge in [0.15, 0.2) is 5.69 Å². The van der Waals surface area contributed by atoms with Crippen LogP contribution in [0.5, 0.6) is 0 Å². The monoisotopic (exact) mass is 372 g/mol. The van der Waals surface area contributed by atoms with Crippen LogP contribution in [0.3, 0.4) is 0 Å². The highest BCUT2D eigenvalue weighted by molar-refractivity contribution is 7.08. The van der Waals surface area contributed by atoms with E-state index >= 15 is 0 Å². The van der Waals surface area contributed by atoms with Gasteiger partial charge >= 0.3 is 0 Å². The number of thiophene rings is 1. The van der Waals surface area contributed by atoms with Crippen LogP contribution in [0.25, 0.3) is 11.5 Å². The molecule has 1 atom stereocenters. The molecule has 4 rings (SSSR count). The van der Waals surface area contributed by atoms with Gasteiger partial charge in [0.05, 0.1) is 5.92 Å². The molecule has 3 aromatic heterocycles. The number of carbonyl (C=O) groups excluding carboxylic acids is 1. The molecule has 0 unspecified atom stereocenters. The maximum Gasteiger partial charge on any atom is 0.276 e. The lowest BCUT2D eigenvalue weighted by molar-refractivity contribution is 0.0688. The maximum absolute atomic E-state index is 12.7. The third-order valence-electron chi connectivity index (χ3n) is 4.54. The average Bonchev–Trinajstić information content (AvgIpc) is 3.41. The van der Waals surface area contributed by atoms with Crippen LogP contribution in [0, 0.1) is 0 Å². The van der Waals surface area contributed by atoms with Gasteiger partial charge < -0.3 is 13.8 Å². The highest BCUT2D eigenvalue weighted by Crippen LogP contribution is 2.29. The molecule has 0 spiro atoms. The number of amides is 1. The molecule has 4 heterocycles. The van der Waals surface area contributed by atoms with Crippen LogP contribution in [0.1, 0.15) is 54.2 Å². The summed E-state index contributed by atoms with van der Waals surface area (Å²) in [7, 11) is 0. The van der Waals surface area contributed by atoms with Gasteiger partial charge in [-0.15, -0.1) is 10.2 Å². The fourth-order valence-corrected chi connectivity index (χ4v) is 3.84. The van der Waals surface area contributed by atoms with Gasteiger partial charge in [0.1, 0.15) is 5.76 Å². The van der Waals surface area contributed by atoms with E-state index in [4.69, 9.17) is 8.94 Å². The molecule has 0 saturated carbocycles. The Kier molecular flexibility index (Phi) is 4.83. The quantitative estimate of drug-likeness (QED) is 0.678. The molecule has 0 radical (unpaired) electrons. The van der Waals surface area contributed by atoms with Crippen molar-refractivity contribution in [1.29, 1.82) is 0 Å². The van der Waals surface area contributed by atoms with Crippen LogP contribution >= 0.6 is 11.3 Å². The van der Waals surface area contributed by atoms with Crippen molar-refractivity contribution in [2.24, 2.45) is 0 Å². The predicted molar refractivity (Wildman–Crippen MR) is 96.0 cm³/mol. The first-order valence-corrected chi connectivity index (χ1v) is 9.79. The Labute approximate surface area is 155 Å². The van der Waals surface area contributed by atoms with E-state index < -0.39 is 0 Å². The van der Waals surface area contributed by atoms with Crippen molar-refractivity contribution in [3.8, 4) is 11.5 Å². The van der Waals surface area contributed by atoms with Crippen molar-refractivity contribution in [2.45, 2.75) is 38.5 Å². The third-order valence-corrected chi connectivity index (χ3v) is 5.22. The van der Waals surface area contributed by atoms with Gasteiger partial charge in [-0.05, 0) is 30.7 Å². The molecule has 1 aliphatic heterocycles. The number of hydrogen-bond donors (Lipinski definition) is 0. The minimum absolute atomic E-state index is 0.0506. The molecule has 0 aliphatic carbocycles. The topological polar surface area (TPSA) is 85.3 Å². The molecule has 1 fully saturated rings. The molecule has 3 aromatic rings. The fraction of sp³-hybridized carbons (Fsp3) is 0.444. The minimum Gasteiger partial charge on any atom is -0.420 e. The van der Waals surface area contributed by atoms with Crippen molar-refractivity contribution >= 4 is 17.2 Å². The van der Waals surface area contributed by atoms with Gasteiger partial charge in [-0.25, -0.2) is 0 Å². The van der Waals surface area contributed by atoms with Crippen molar-refractivity contribution in [3.63, 3.8) is 0 Å². The van der Waals surface area contributed by atoms with Crippen LogP contribution in [0.4, 0.5) is 0 Å². The smallest absolute Gasteiger partial charge is 0.276 e. The average molecular weight is 372 g/mol. The van der Waals surface area contributed by atoms with Gasteiger partial charge in [-0.2, -0.15) is 11.3 Å². The summed E-state index contributed by atoms with van der Waals surface area (Å²) < 4.78 is 11.1. The number of aryl methyl sites for hydroxylation is 1.